The lowest BCUT2D eigenvalue weighted by molar-refractivity contribution is -0.137. The number of para-hydroxylation sites is 1. The van der Waals surface area contributed by atoms with Gasteiger partial charge in [0.2, 0.25) is 0 Å². The SMILES string of the molecule is Cc1ccc(C(CC(=O)O)c2ccc3c(c2)nnn3C)cc1CN1CCN(C)c2ccccc2S1(O)O. The van der Waals surface area contributed by atoms with Crippen LogP contribution in [0.4, 0.5) is 5.69 Å². The molecule has 1 aliphatic heterocycles. The number of aryl methyl sites for hydroxylation is 2. The zero-order valence-corrected chi connectivity index (χ0v) is 21.9. The van der Waals surface area contributed by atoms with Gasteiger partial charge in [0.1, 0.15) is 5.52 Å². The van der Waals surface area contributed by atoms with Gasteiger partial charge in [-0.05, 0) is 53.4 Å². The van der Waals surface area contributed by atoms with E-state index in [0.717, 1.165) is 33.5 Å². The third-order valence-electron chi connectivity index (χ3n) is 7.15. The highest BCUT2D eigenvalue weighted by Gasteiger charge is 2.32. The van der Waals surface area contributed by atoms with Crippen molar-refractivity contribution < 1.29 is 19.0 Å². The Kier molecular flexibility index (Phi) is 6.67. The van der Waals surface area contributed by atoms with E-state index in [1.165, 1.54) is 0 Å². The Balaban J connectivity index is 1.51. The van der Waals surface area contributed by atoms with Gasteiger partial charge < -0.3 is 10.0 Å². The van der Waals surface area contributed by atoms with Crippen LogP contribution in [0.2, 0.25) is 0 Å². The summed E-state index contributed by atoms with van der Waals surface area (Å²) in [4.78, 5) is 14.4. The Morgan fingerprint density at radius 1 is 1.03 bits per heavy atom. The number of fused-ring (bicyclic) bond motifs is 2. The number of aromatic nitrogens is 3. The van der Waals surface area contributed by atoms with Crippen molar-refractivity contribution in [3.05, 3.63) is 82.9 Å². The molecule has 1 unspecified atom stereocenters. The van der Waals surface area contributed by atoms with E-state index in [0.29, 0.717) is 30.0 Å². The van der Waals surface area contributed by atoms with Crippen molar-refractivity contribution in [2.24, 2.45) is 7.05 Å². The molecule has 0 bridgehead atoms. The van der Waals surface area contributed by atoms with Crippen molar-refractivity contribution in [3.8, 4) is 0 Å². The summed E-state index contributed by atoms with van der Waals surface area (Å²) in [5.74, 6) is -1.28. The van der Waals surface area contributed by atoms with Crippen molar-refractivity contribution in [3.63, 3.8) is 0 Å². The summed E-state index contributed by atoms with van der Waals surface area (Å²) >= 11 is 0. The first kappa shape index (κ1) is 25.2. The van der Waals surface area contributed by atoms with Crippen LogP contribution in [0.5, 0.6) is 0 Å². The van der Waals surface area contributed by atoms with E-state index in [9.17, 15) is 19.0 Å². The molecule has 0 amide bonds. The minimum Gasteiger partial charge on any atom is -0.481 e. The summed E-state index contributed by atoms with van der Waals surface area (Å²) in [6.45, 7) is 3.43. The van der Waals surface area contributed by atoms with Crippen molar-refractivity contribution in [1.82, 2.24) is 19.3 Å². The summed E-state index contributed by atoms with van der Waals surface area (Å²) in [6, 6.07) is 19.1. The van der Waals surface area contributed by atoms with E-state index in [-0.39, 0.29) is 12.3 Å². The van der Waals surface area contributed by atoms with E-state index in [4.69, 9.17) is 0 Å². The van der Waals surface area contributed by atoms with Crippen LogP contribution in [0.25, 0.3) is 11.0 Å². The van der Waals surface area contributed by atoms with Gasteiger partial charge in [-0.2, -0.15) is 4.31 Å². The molecule has 5 rings (SSSR count). The molecule has 37 heavy (non-hydrogen) atoms. The quantitative estimate of drug-likeness (QED) is 0.330. The van der Waals surface area contributed by atoms with E-state index in [1.807, 2.05) is 80.5 Å². The van der Waals surface area contributed by atoms with Crippen LogP contribution in [0.15, 0.2) is 65.6 Å². The van der Waals surface area contributed by atoms with E-state index in [1.54, 1.807) is 15.1 Å². The lowest BCUT2D eigenvalue weighted by atomic mass is 9.86. The average Bonchev–Trinajstić information content (AvgIpc) is 3.21. The Labute approximate surface area is 217 Å². The molecule has 0 fully saturated rings. The molecule has 0 saturated heterocycles. The summed E-state index contributed by atoms with van der Waals surface area (Å²) in [5, 5.41) is 18.0. The fraction of sp³-hybridized carbons (Fsp3) is 0.296. The maximum absolute atomic E-state index is 11.9. The van der Waals surface area contributed by atoms with Gasteiger partial charge in [0.15, 0.2) is 0 Å². The molecule has 1 aromatic heterocycles. The second-order valence-corrected chi connectivity index (χ2v) is 11.6. The number of anilines is 1. The van der Waals surface area contributed by atoms with Crippen molar-refractivity contribution in [2.75, 3.05) is 25.0 Å². The minimum absolute atomic E-state index is 0.0780. The molecule has 0 aliphatic carbocycles. The molecule has 1 atom stereocenters. The number of nitrogens with zero attached hydrogens (tertiary/aromatic N) is 5. The van der Waals surface area contributed by atoms with Crippen LogP contribution in [-0.2, 0) is 18.4 Å². The lowest BCUT2D eigenvalue weighted by Crippen LogP contribution is -2.31. The highest BCUT2D eigenvalue weighted by molar-refractivity contribution is 8.22. The molecule has 0 radical (unpaired) electrons. The summed E-state index contributed by atoms with van der Waals surface area (Å²) < 4.78 is 26.1. The molecule has 3 N–H and O–H groups in total. The van der Waals surface area contributed by atoms with Crippen molar-refractivity contribution in [1.29, 1.82) is 0 Å². The Morgan fingerprint density at radius 2 is 1.76 bits per heavy atom. The summed E-state index contributed by atoms with van der Waals surface area (Å²) in [7, 11) is 0.558. The molecular formula is C27H31N5O4S. The molecule has 0 saturated carbocycles. The van der Waals surface area contributed by atoms with Crippen LogP contribution in [0, 0.1) is 6.92 Å². The average molecular weight is 522 g/mol. The molecule has 1 aliphatic rings. The number of carbonyl (C=O) groups is 1. The summed E-state index contributed by atoms with van der Waals surface area (Å²) in [6.07, 6.45) is -0.0780. The number of rotatable bonds is 6. The van der Waals surface area contributed by atoms with Crippen molar-refractivity contribution >= 4 is 33.5 Å². The number of hydrogen-bond acceptors (Lipinski definition) is 7. The largest absolute Gasteiger partial charge is 0.481 e. The highest BCUT2D eigenvalue weighted by atomic mass is 32.3. The molecule has 0 spiro atoms. The van der Waals surface area contributed by atoms with Crippen LogP contribution in [-0.4, -0.2) is 59.6 Å². The lowest BCUT2D eigenvalue weighted by Gasteiger charge is -2.42. The number of benzene rings is 3. The monoisotopic (exact) mass is 521 g/mol. The van der Waals surface area contributed by atoms with Crippen LogP contribution < -0.4 is 4.90 Å². The van der Waals surface area contributed by atoms with E-state index < -0.39 is 16.7 Å². The Morgan fingerprint density at radius 3 is 2.54 bits per heavy atom. The van der Waals surface area contributed by atoms with Gasteiger partial charge >= 0.3 is 5.97 Å². The molecule has 194 valence electrons. The zero-order valence-electron chi connectivity index (χ0n) is 21.1. The number of likely N-dealkylation sites (N-methyl/N-ethyl adjacent to an activating group) is 1. The van der Waals surface area contributed by atoms with Crippen LogP contribution in [0.3, 0.4) is 0 Å². The maximum atomic E-state index is 11.9. The molecular weight excluding hydrogens is 490 g/mol. The molecule has 9 nitrogen and oxygen atoms in total. The number of carboxylic acid groups (broad SMARTS) is 1. The molecule has 2 heterocycles. The molecule has 4 aromatic rings. The van der Waals surface area contributed by atoms with Crippen LogP contribution in [0.1, 0.15) is 34.6 Å². The standard InChI is InChI=1S/C27H31N5O4S/c1-18-8-9-19(22(16-27(33)34)20-10-11-24-23(15-20)28-29-31(24)3)14-21(18)17-32-13-12-30(2)25-6-4-5-7-26(25)37(32,35)36/h4-11,14-15,22,35-36H,12-13,16-17H2,1-3H3,(H,33,34). The van der Waals surface area contributed by atoms with Gasteiger partial charge in [-0.25, -0.2) is 4.68 Å². The molecule has 10 heteroatoms. The second kappa shape index (κ2) is 9.79. The fourth-order valence-corrected chi connectivity index (χ4v) is 6.67. The predicted octanol–water partition coefficient (Wildman–Crippen LogP) is 4.86. The Hall–Kier alpha value is -3.44. The maximum Gasteiger partial charge on any atom is 0.304 e. The normalized spacial score (nSPS) is 17.3. The first-order valence-corrected chi connectivity index (χ1v) is 13.6. The van der Waals surface area contributed by atoms with E-state index in [2.05, 4.69) is 10.3 Å². The first-order valence-electron chi connectivity index (χ1n) is 12.1. The van der Waals surface area contributed by atoms with E-state index >= 15 is 0 Å². The smallest absolute Gasteiger partial charge is 0.304 e. The first-order chi connectivity index (χ1) is 17.6. The second-order valence-electron chi connectivity index (χ2n) is 9.57. The third kappa shape index (κ3) is 4.80. The van der Waals surface area contributed by atoms with Crippen LogP contribution >= 0.6 is 10.8 Å². The minimum atomic E-state index is -3.21. The Bertz CT molecular complexity index is 1470. The van der Waals surface area contributed by atoms with Crippen molar-refractivity contribution in [2.45, 2.75) is 30.7 Å². The fourth-order valence-electron chi connectivity index (χ4n) is 4.97. The van der Waals surface area contributed by atoms with Gasteiger partial charge in [0, 0.05) is 39.6 Å². The zero-order chi connectivity index (χ0) is 26.3. The number of hydrogen-bond donors (Lipinski definition) is 3. The van der Waals surface area contributed by atoms with Gasteiger partial charge in [-0.15, -0.1) is 15.9 Å². The number of carboxylic acids is 1. The van der Waals surface area contributed by atoms with Gasteiger partial charge in [0.25, 0.3) is 0 Å². The topological polar surface area (TPSA) is 115 Å². The predicted molar refractivity (Wildman–Crippen MR) is 145 cm³/mol. The van der Waals surface area contributed by atoms with Gasteiger partial charge in [-0.3, -0.25) is 13.9 Å². The van der Waals surface area contributed by atoms with Gasteiger partial charge in [0.05, 0.1) is 22.5 Å². The summed E-state index contributed by atoms with van der Waals surface area (Å²) in [5.41, 5.74) is 6.04. The number of aliphatic carboxylic acids is 1. The third-order valence-corrected chi connectivity index (χ3v) is 9.12. The van der Waals surface area contributed by atoms with Gasteiger partial charge in [-0.1, -0.05) is 41.6 Å². The molecule has 3 aromatic carbocycles. The highest BCUT2D eigenvalue weighted by Crippen LogP contribution is 2.56.